The van der Waals surface area contributed by atoms with Crippen LogP contribution in [0.4, 0.5) is 8.78 Å². The van der Waals surface area contributed by atoms with Gasteiger partial charge in [-0.1, -0.05) is 12.8 Å². The van der Waals surface area contributed by atoms with Gasteiger partial charge < -0.3 is 15.1 Å². The molecule has 1 N–H and O–H groups in total. The van der Waals surface area contributed by atoms with Crippen molar-refractivity contribution in [2.45, 2.75) is 25.7 Å². The number of amides is 3. The maximum atomic E-state index is 13.6. The van der Waals surface area contributed by atoms with Crippen LogP contribution < -0.4 is 5.32 Å². The lowest BCUT2D eigenvalue weighted by Crippen LogP contribution is -2.53. The number of carbonyl (C=O) groups excluding carboxylic acids is 3. The standard InChI is InChI=1S/C19H23F2N3O3/c20-14-5-6-15(16(21)11-14)18(26)22-12-17(25)23-7-9-24(10-8-23)19(27)13-3-1-2-4-13/h5-6,11,13H,1-4,7-10,12H2,(H,22,26). The maximum Gasteiger partial charge on any atom is 0.254 e. The van der Waals surface area contributed by atoms with Crippen LogP contribution in [0.3, 0.4) is 0 Å². The first-order valence-corrected chi connectivity index (χ1v) is 9.25. The van der Waals surface area contributed by atoms with Crippen molar-refractivity contribution >= 4 is 17.7 Å². The summed E-state index contributed by atoms with van der Waals surface area (Å²) in [7, 11) is 0. The van der Waals surface area contributed by atoms with Crippen molar-refractivity contribution in [1.82, 2.24) is 15.1 Å². The normalized spacial score (nSPS) is 17.9. The largest absolute Gasteiger partial charge is 0.343 e. The number of piperazine rings is 1. The van der Waals surface area contributed by atoms with E-state index in [0.29, 0.717) is 32.2 Å². The van der Waals surface area contributed by atoms with Gasteiger partial charge in [-0.25, -0.2) is 8.78 Å². The predicted molar refractivity (Wildman–Crippen MR) is 93.8 cm³/mol. The highest BCUT2D eigenvalue weighted by Gasteiger charge is 2.30. The van der Waals surface area contributed by atoms with Crippen LogP contribution in [0.1, 0.15) is 36.0 Å². The molecule has 0 atom stereocenters. The van der Waals surface area contributed by atoms with Gasteiger partial charge in [0.2, 0.25) is 11.8 Å². The molecule has 1 aliphatic heterocycles. The van der Waals surface area contributed by atoms with Crippen molar-refractivity contribution in [2.75, 3.05) is 32.7 Å². The van der Waals surface area contributed by atoms with Gasteiger partial charge in [-0.05, 0) is 25.0 Å². The highest BCUT2D eigenvalue weighted by atomic mass is 19.1. The summed E-state index contributed by atoms with van der Waals surface area (Å²) < 4.78 is 26.5. The maximum absolute atomic E-state index is 13.6. The van der Waals surface area contributed by atoms with Gasteiger partial charge in [0.25, 0.3) is 5.91 Å². The number of nitrogens with zero attached hydrogens (tertiary/aromatic N) is 2. The quantitative estimate of drug-likeness (QED) is 0.863. The number of hydrogen-bond donors (Lipinski definition) is 1. The fourth-order valence-corrected chi connectivity index (χ4v) is 3.64. The van der Waals surface area contributed by atoms with Gasteiger partial charge in [-0.15, -0.1) is 0 Å². The van der Waals surface area contributed by atoms with Crippen LogP contribution in [0, 0.1) is 17.6 Å². The first-order chi connectivity index (χ1) is 13.0. The van der Waals surface area contributed by atoms with Crippen LogP contribution in [-0.4, -0.2) is 60.2 Å². The molecule has 1 saturated heterocycles. The Balaban J connectivity index is 1.45. The van der Waals surface area contributed by atoms with Gasteiger partial charge in [-0.2, -0.15) is 0 Å². The number of benzene rings is 1. The summed E-state index contributed by atoms with van der Waals surface area (Å²) in [6.07, 6.45) is 4.10. The molecule has 0 spiro atoms. The van der Waals surface area contributed by atoms with Crippen LogP contribution in [0.2, 0.25) is 0 Å². The average molecular weight is 379 g/mol. The van der Waals surface area contributed by atoms with E-state index in [0.717, 1.165) is 37.8 Å². The van der Waals surface area contributed by atoms with Crippen LogP contribution in [0.25, 0.3) is 0 Å². The minimum Gasteiger partial charge on any atom is -0.343 e. The Kier molecular flexibility index (Phi) is 6.03. The summed E-state index contributed by atoms with van der Waals surface area (Å²) in [6, 6.07) is 2.65. The van der Waals surface area contributed by atoms with Gasteiger partial charge in [0, 0.05) is 38.2 Å². The molecule has 3 rings (SSSR count). The van der Waals surface area contributed by atoms with E-state index < -0.39 is 17.5 Å². The number of rotatable bonds is 4. The second-order valence-corrected chi connectivity index (χ2v) is 6.99. The fraction of sp³-hybridized carbons (Fsp3) is 0.526. The second kappa shape index (κ2) is 8.45. The molecule has 8 heteroatoms. The molecular weight excluding hydrogens is 356 g/mol. The van der Waals surface area contributed by atoms with E-state index in [2.05, 4.69) is 5.32 Å². The molecule has 1 saturated carbocycles. The third kappa shape index (κ3) is 4.61. The molecule has 0 bridgehead atoms. The summed E-state index contributed by atoms with van der Waals surface area (Å²) in [5, 5.41) is 2.36. The number of halogens is 2. The molecule has 2 fully saturated rings. The predicted octanol–water partition coefficient (Wildman–Crippen LogP) is 1.56. The molecule has 1 aromatic carbocycles. The monoisotopic (exact) mass is 379 g/mol. The van der Waals surface area contributed by atoms with Crippen molar-refractivity contribution in [3.05, 3.63) is 35.4 Å². The molecule has 6 nitrogen and oxygen atoms in total. The number of hydrogen-bond acceptors (Lipinski definition) is 3. The summed E-state index contributed by atoms with van der Waals surface area (Å²) in [6.45, 7) is 1.53. The number of nitrogens with one attached hydrogen (secondary N) is 1. The SMILES string of the molecule is O=C(NCC(=O)N1CCN(C(=O)C2CCCC2)CC1)c1ccc(F)cc1F. The minimum atomic E-state index is -0.973. The Morgan fingerprint density at radius 2 is 1.63 bits per heavy atom. The minimum absolute atomic E-state index is 0.122. The van der Waals surface area contributed by atoms with E-state index in [4.69, 9.17) is 0 Å². The molecule has 0 radical (unpaired) electrons. The van der Waals surface area contributed by atoms with Crippen molar-refractivity contribution in [3.63, 3.8) is 0 Å². The van der Waals surface area contributed by atoms with Crippen LogP contribution >= 0.6 is 0 Å². The topological polar surface area (TPSA) is 69.7 Å². The third-order valence-electron chi connectivity index (χ3n) is 5.22. The molecular formula is C19H23F2N3O3. The molecule has 146 valence electrons. The van der Waals surface area contributed by atoms with Gasteiger partial charge in [0.1, 0.15) is 11.6 Å². The van der Waals surface area contributed by atoms with Gasteiger partial charge >= 0.3 is 0 Å². The van der Waals surface area contributed by atoms with E-state index in [-0.39, 0.29) is 29.8 Å². The van der Waals surface area contributed by atoms with E-state index in [1.54, 1.807) is 4.90 Å². The molecule has 27 heavy (non-hydrogen) atoms. The first-order valence-electron chi connectivity index (χ1n) is 9.25. The van der Waals surface area contributed by atoms with E-state index in [1.807, 2.05) is 4.90 Å². The van der Waals surface area contributed by atoms with Crippen molar-refractivity contribution in [1.29, 1.82) is 0 Å². The Labute approximate surface area is 156 Å². The summed E-state index contributed by atoms with van der Waals surface area (Å²) >= 11 is 0. The molecule has 3 amide bonds. The molecule has 1 aliphatic carbocycles. The van der Waals surface area contributed by atoms with Crippen LogP contribution in [-0.2, 0) is 9.59 Å². The first kappa shape index (κ1) is 19.3. The van der Waals surface area contributed by atoms with Crippen LogP contribution in [0.15, 0.2) is 18.2 Å². The highest BCUT2D eigenvalue weighted by molar-refractivity contribution is 5.96. The Hall–Kier alpha value is -2.51. The zero-order valence-electron chi connectivity index (χ0n) is 15.0. The van der Waals surface area contributed by atoms with Crippen molar-refractivity contribution in [3.8, 4) is 0 Å². The zero-order chi connectivity index (χ0) is 19.4. The fourth-order valence-electron chi connectivity index (χ4n) is 3.64. The van der Waals surface area contributed by atoms with Crippen LogP contribution in [0.5, 0.6) is 0 Å². The van der Waals surface area contributed by atoms with Gasteiger partial charge in [0.15, 0.2) is 0 Å². The molecule has 2 aliphatic rings. The van der Waals surface area contributed by atoms with Gasteiger partial charge in [-0.3, -0.25) is 14.4 Å². The number of carbonyl (C=O) groups is 3. The highest BCUT2D eigenvalue weighted by Crippen LogP contribution is 2.26. The van der Waals surface area contributed by atoms with Crippen molar-refractivity contribution in [2.24, 2.45) is 5.92 Å². The van der Waals surface area contributed by atoms with E-state index in [9.17, 15) is 23.2 Å². The van der Waals surface area contributed by atoms with Crippen molar-refractivity contribution < 1.29 is 23.2 Å². The molecule has 1 aromatic rings. The Morgan fingerprint density at radius 1 is 1.00 bits per heavy atom. The average Bonchev–Trinajstić information content (AvgIpc) is 3.20. The molecule has 0 aromatic heterocycles. The lowest BCUT2D eigenvalue weighted by Gasteiger charge is -2.36. The lowest BCUT2D eigenvalue weighted by molar-refractivity contribution is -0.141. The molecule has 1 heterocycles. The molecule has 0 unspecified atom stereocenters. The van der Waals surface area contributed by atoms with Gasteiger partial charge in [0.05, 0.1) is 12.1 Å². The smallest absolute Gasteiger partial charge is 0.254 e. The lowest BCUT2D eigenvalue weighted by atomic mass is 10.1. The summed E-state index contributed by atoms with van der Waals surface area (Å²) in [4.78, 5) is 40.0. The zero-order valence-corrected chi connectivity index (χ0v) is 15.0. The third-order valence-corrected chi connectivity index (χ3v) is 5.22. The second-order valence-electron chi connectivity index (χ2n) is 6.99. The Morgan fingerprint density at radius 3 is 2.26 bits per heavy atom. The summed E-state index contributed by atoms with van der Waals surface area (Å²) in [5.41, 5.74) is -0.309. The van der Waals surface area contributed by atoms with E-state index in [1.165, 1.54) is 0 Å². The van der Waals surface area contributed by atoms with E-state index >= 15 is 0 Å². The summed E-state index contributed by atoms with van der Waals surface area (Å²) in [5.74, 6) is -2.50. The Bertz CT molecular complexity index is 727.